The van der Waals surface area contributed by atoms with Crippen molar-refractivity contribution in [2.45, 2.75) is 12.8 Å². The summed E-state index contributed by atoms with van der Waals surface area (Å²) in [5.41, 5.74) is 6.99. The Hall–Kier alpha value is -3.35. The van der Waals surface area contributed by atoms with Crippen molar-refractivity contribution >= 4 is 29.1 Å². The van der Waals surface area contributed by atoms with E-state index in [1.54, 1.807) is 29.2 Å². The first-order valence-electron chi connectivity index (χ1n) is 8.26. The number of ether oxygens (including phenoxy) is 1. The van der Waals surface area contributed by atoms with Crippen molar-refractivity contribution in [1.82, 2.24) is 0 Å². The highest BCUT2D eigenvalue weighted by Crippen LogP contribution is 2.23. The molecule has 3 rings (SSSR count). The maximum absolute atomic E-state index is 12.0. The van der Waals surface area contributed by atoms with Crippen LogP contribution >= 0.6 is 0 Å². The number of carbonyl (C=O) groups excluding carboxylic acids is 3. The molecule has 1 fully saturated rings. The lowest BCUT2D eigenvalue weighted by Crippen LogP contribution is -2.23. The monoisotopic (exact) mass is 353 g/mol. The summed E-state index contributed by atoms with van der Waals surface area (Å²) in [6.45, 7) is 0.565. The fraction of sp³-hybridized carbons (Fsp3) is 0.211. The largest absolute Gasteiger partial charge is 0.484 e. The summed E-state index contributed by atoms with van der Waals surface area (Å²) < 4.78 is 5.38. The van der Waals surface area contributed by atoms with Crippen LogP contribution in [0.1, 0.15) is 23.2 Å². The van der Waals surface area contributed by atoms with E-state index in [-0.39, 0.29) is 18.4 Å². The molecule has 1 heterocycles. The molecule has 1 aliphatic heterocycles. The average Bonchev–Trinajstić information content (AvgIpc) is 3.07. The van der Waals surface area contributed by atoms with Crippen molar-refractivity contribution in [2.75, 3.05) is 23.4 Å². The third kappa shape index (κ3) is 4.18. The standard InChI is InChI=1S/C19H19N3O4/c20-19(25)13-3-9-16(10-4-13)26-12-17(23)21-14-5-7-15(8-6-14)22-11-1-2-18(22)24/h3-10H,1-2,11-12H2,(H2,20,25)(H,21,23). The van der Waals surface area contributed by atoms with Gasteiger partial charge in [0.25, 0.3) is 5.91 Å². The molecule has 0 unspecified atom stereocenters. The van der Waals surface area contributed by atoms with Gasteiger partial charge < -0.3 is 20.7 Å². The molecular weight excluding hydrogens is 334 g/mol. The van der Waals surface area contributed by atoms with E-state index in [4.69, 9.17) is 10.5 Å². The molecule has 7 heteroatoms. The highest BCUT2D eigenvalue weighted by atomic mass is 16.5. The molecule has 0 radical (unpaired) electrons. The highest BCUT2D eigenvalue weighted by molar-refractivity contribution is 5.96. The normalized spacial score (nSPS) is 13.5. The first-order chi connectivity index (χ1) is 12.5. The molecular formula is C19H19N3O4. The molecule has 0 bridgehead atoms. The van der Waals surface area contributed by atoms with Crippen LogP contribution in [0.4, 0.5) is 11.4 Å². The van der Waals surface area contributed by atoms with E-state index in [2.05, 4.69) is 5.32 Å². The Labute approximate surface area is 150 Å². The molecule has 2 aromatic carbocycles. The Morgan fingerprint density at radius 1 is 1.08 bits per heavy atom. The van der Waals surface area contributed by atoms with E-state index < -0.39 is 5.91 Å². The van der Waals surface area contributed by atoms with Gasteiger partial charge in [0.15, 0.2) is 6.61 Å². The summed E-state index contributed by atoms with van der Waals surface area (Å²) in [4.78, 5) is 36.5. The fourth-order valence-corrected chi connectivity index (χ4v) is 2.71. The summed E-state index contributed by atoms with van der Waals surface area (Å²) in [7, 11) is 0. The predicted octanol–water partition coefficient (Wildman–Crippen LogP) is 1.93. The number of nitrogens with zero attached hydrogens (tertiary/aromatic N) is 1. The molecule has 1 aliphatic rings. The van der Waals surface area contributed by atoms with Crippen LogP contribution in [0.3, 0.4) is 0 Å². The summed E-state index contributed by atoms with van der Waals surface area (Å²) >= 11 is 0. The number of amides is 3. The zero-order chi connectivity index (χ0) is 18.5. The van der Waals surface area contributed by atoms with Crippen molar-refractivity contribution in [3.63, 3.8) is 0 Å². The third-order valence-corrected chi connectivity index (χ3v) is 4.04. The molecule has 0 atom stereocenters. The van der Waals surface area contributed by atoms with Gasteiger partial charge in [-0.05, 0) is 55.0 Å². The maximum Gasteiger partial charge on any atom is 0.262 e. The van der Waals surface area contributed by atoms with Crippen LogP contribution < -0.4 is 20.7 Å². The van der Waals surface area contributed by atoms with Gasteiger partial charge in [0.1, 0.15) is 5.75 Å². The van der Waals surface area contributed by atoms with Gasteiger partial charge >= 0.3 is 0 Å². The zero-order valence-electron chi connectivity index (χ0n) is 14.1. The van der Waals surface area contributed by atoms with Crippen LogP contribution in [-0.4, -0.2) is 30.9 Å². The lowest BCUT2D eigenvalue weighted by atomic mass is 10.2. The number of anilines is 2. The molecule has 2 aromatic rings. The van der Waals surface area contributed by atoms with Crippen LogP contribution in [0.15, 0.2) is 48.5 Å². The molecule has 7 nitrogen and oxygen atoms in total. The minimum Gasteiger partial charge on any atom is -0.484 e. The van der Waals surface area contributed by atoms with Crippen LogP contribution in [-0.2, 0) is 9.59 Å². The maximum atomic E-state index is 12.0. The highest BCUT2D eigenvalue weighted by Gasteiger charge is 2.21. The lowest BCUT2D eigenvalue weighted by Gasteiger charge is -2.16. The molecule has 0 spiro atoms. The summed E-state index contributed by atoms with van der Waals surface area (Å²) in [6, 6.07) is 13.3. The molecule has 26 heavy (non-hydrogen) atoms. The topological polar surface area (TPSA) is 102 Å². The van der Waals surface area contributed by atoms with E-state index in [0.717, 1.165) is 18.7 Å². The van der Waals surface area contributed by atoms with Crippen LogP contribution in [0.5, 0.6) is 5.75 Å². The van der Waals surface area contributed by atoms with Crippen LogP contribution in [0.2, 0.25) is 0 Å². The van der Waals surface area contributed by atoms with Gasteiger partial charge in [-0.1, -0.05) is 0 Å². The van der Waals surface area contributed by atoms with Gasteiger partial charge in [-0.15, -0.1) is 0 Å². The summed E-state index contributed by atoms with van der Waals surface area (Å²) in [5.74, 6) is -0.243. The minimum atomic E-state index is -0.520. The second kappa shape index (κ2) is 7.69. The van der Waals surface area contributed by atoms with E-state index in [9.17, 15) is 14.4 Å². The molecule has 1 saturated heterocycles. The minimum absolute atomic E-state index is 0.123. The van der Waals surface area contributed by atoms with E-state index in [0.29, 0.717) is 23.4 Å². The molecule has 0 aliphatic carbocycles. The van der Waals surface area contributed by atoms with Gasteiger partial charge in [-0.2, -0.15) is 0 Å². The van der Waals surface area contributed by atoms with Crippen molar-refractivity contribution < 1.29 is 19.1 Å². The second-order valence-electron chi connectivity index (χ2n) is 5.92. The molecule has 0 saturated carbocycles. The quantitative estimate of drug-likeness (QED) is 0.828. The summed E-state index contributed by atoms with van der Waals surface area (Å²) in [5, 5.41) is 2.73. The van der Waals surface area contributed by atoms with Gasteiger partial charge in [-0.25, -0.2) is 0 Å². The number of nitrogens with two attached hydrogens (primary N) is 1. The number of carbonyl (C=O) groups is 3. The van der Waals surface area contributed by atoms with Gasteiger partial charge in [-0.3, -0.25) is 14.4 Å². The third-order valence-electron chi connectivity index (χ3n) is 4.04. The Kier molecular flexibility index (Phi) is 5.17. The smallest absolute Gasteiger partial charge is 0.262 e. The van der Waals surface area contributed by atoms with E-state index >= 15 is 0 Å². The average molecular weight is 353 g/mol. The SMILES string of the molecule is NC(=O)c1ccc(OCC(=O)Nc2ccc(N3CCCC3=O)cc2)cc1. The Balaban J connectivity index is 1.51. The van der Waals surface area contributed by atoms with Crippen LogP contribution in [0, 0.1) is 0 Å². The first-order valence-corrected chi connectivity index (χ1v) is 8.26. The Bertz CT molecular complexity index is 816. The molecule has 3 N–H and O–H groups in total. The number of hydrogen-bond acceptors (Lipinski definition) is 4. The van der Waals surface area contributed by atoms with Crippen molar-refractivity contribution in [2.24, 2.45) is 5.73 Å². The lowest BCUT2D eigenvalue weighted by molar-refractivity contribution is -0.118. The number of nitrogens with one attached hydrogen (secondary N) is 1. The first kappa shape index (κ1) is 17.5. The molecule has 0 aromatic heterocycles. The Morgan fingerprint density at radius 2 is 1.77 bits per heavy atom. The van der Waals surface area contributed by atoms with Crippen LogP contribution in [0.25, 0.3) is 0 Å². The summed E-state index contributed by atoms with van der Waals surface area (Å²) in [6.07, 6.45) is 1.45. The number of primary amides is 1. The van der Waals surface area contributed by atoms with Gasteiger partial charge in [0.05, 0.1) is 0 Å². The van der Waals surface area contributed by atoms with Crippen molar-refractivity contribution in [3.05, 3.63) is 54.1 Å². The Morgan fingerprint density at radius 3 is 2.35 bits per heavy atom. The van der Waals surface area contributed by atoms with Gasteiger partial charge in [0, 0.05) is 29.9 Å². The van der Waals surface area contributed by atoms with Gasteiger partial charge in [0.2, 0.25) is 11.8 Å². The fourth-order valence-electron chi connectivity index (χ4n) is 2.71. The van der Waals surface area contributed by atoms with E-state index in [1.807, 2.05) is 12.1 Å². The second-order valence-corrected chi connectivity index (χ2v) is 5.92. The zero-order valence-corrected chi connectivity index (χ0v) is 14.1. The van der Waals surface area contributed by atoms with Crippen molar-refractivity contribution in [1.29, 1.82) is 0 Å². The van der Waals surface area contributed by atoms with E-state index in [1.165, 1.54) is 12.1 Å². The van der Waals surface area contributed by atoms with Crippen molar-refractivity contribution in [3.8, 4) is 5.75 Å². The number of benzene rings is 2. The number of hydrogen-bond donors (Lipinski definition) is 2. The predicted molar refractivity (Wildman–Crippen MR) is 97.1 cm³/mol. The molecule has 3 amide bonds. The number of rotatable bonds is 6. The molecule has 134 valence electrons.